The maximum Gasteiger partial charge on any atom is 0.491 e. The molecule has 1 aliphatic heterocycles. The van der Waals surface area contributed by atoms with Crippen molar-refractivity contribution in [2.75, 3.05) is 27.3 Å². The number of halogens is 3. The topological polar surface area (TPSA) is 94.1 Å². The van der Waals surface area contributed by atoms with Crippen LogP contribution in [-0.4, -0.2) is 50.5 Å². The van der Waals surface area contributed by atoms with E-state index in [2.05, 4.69) is 10.1 Å². The number of alkyl halides is 3. The Labute approximate surface area is 227 Å². The highest BCUT2D eigenvalue weighted by Gasteiger charge is 2.41. The van der Waals surface area contributed by atoms with Gasteiger partial charge in [0.25, 0.3) is 0 Å². The number of carbonyl (C=O) groups is 2. The number of hydrogen-bond acceptors (Lipinski definition) is 7. The molecule has 2 N–H and O–H groups in total. The minimum Gasteiger partial charge on any atom is -0.508 e. The summed E-state index contributed by atoms with van der Waals surface area (Å²) in [6, 6.07) is 28.1. The first-order chi connectivity index (χ1) is 18.6. The summed E-state index contributed by atoms with van der Waals surface area (Å²) in [6.07, 6.45) is -0.876. The van der Waals surface area contributed by atoms with Crippen molar-refractivity contribution in [3.63, 3.8) is 0 Å². The number of aromatic hydroxyl groups is 1. The van der Waals surface area contributed by atoms with Gasteiger partial charge in [-0.1, -0.05) is 61.0 Å². The van der Waals surface area contributed by atoms with Crippen molar-refractivity contribution in [3.8, 4) is 17.2 Å². The summed E-state index contributed by atoms with van der Waals surface area (Å²) in [7, 11) is 3.32. The van der Waals surface area contributed by atoms with Crippen LogP contribution < -0.4 is 14.8 Å². The quantitative estimate of drug-likeness (QED) is 0.290. The van der Waals surface area contributed by atoms with E-state index in [1.807, 2.05) is 66.7 Å². The first kappa shape index (κ1) is 35.0. The fourth-order valence-electron chi connectivity index (χ4n) is 2.53. The minimum absolute atomic E-state index is 0.322. The Balaban J connectivity index is 0.000000466. The number of hydrogen-bond donors (Lipinski definition) is 2. The summed E-state index contributed by atoms with van der Waals surface area (Å²) in [6.45, 7) is 3.21. The molecular weight excluding hydrogens is 515 g/mol. The molecule has 0 spiro atoms. The van der Waals surface area contributed by atoms with Crippen molar-refractivity contribution in [1.82, 2.24) is 5.32 Å². The van der Waals surface area contributed by atoms with Crippen LogP contribution in [-0.2, 0) is 14.3 Å². The summed E-state index contributed by atoms with van der Waals surface area (Å²) in [5.41, 5.74) is 0. The lowest BCUT2D eigenvalue weighted by Crippen LogP contribution is -2.26. The summed E-state index contributed by atoms with van der Waals surface area (Å²) < 4.78 is 46.6. The van der Waals surface area contributed by atoms with Crippen LogP contribution in [0.2, 0.25) is 0 Å². The molecule has 1 fully saturated rings. The van der Waals surface area contributed by atoms with Crippen molar-refractivity contribution < 1.29 is 42.1 Å². The lowest BCUT2D eigenvalue weighted by molar-refractivity contribution is -0.201. The molecule has 0 aromatic heterocycles. The highest BCUT2D eigenvalue weighted by atomic mass is 19.4. The number of carbonyl (C=O) groups excluding carboxylic acids is 2. The summed E-state index contributed by atoms with van der Waals surface area (Å²) in [5.74, 6) is -1.62. The zero-order chi connectivity index (χ0) is 29.4. The number of piperidine rings is 1. The third-order valence-electron chi connectivity index (χ3n) is 4.39. The molecule has 39 heavy (non-hydrogen) atoms. The highest BCUT2D eigenvalue weighted by Crippen LogP contribution is 2.16. The van der Waals surface area contributed by atoms with Gasteiger partial charge in [-0.05, 0) is 62.3 Å². The molecule has 0 atom stereocenters. The Kier molecular flexibility index (Phi) is 19.7. The first-order valence-electron chi connectivity index (χ1n) is 12.0. The summed E-state index contributed by atoms with van der Waals surface area (Å²) in [5, 5.41) is 11.9. The molecule has 3 aromatic rings. The molecule has 3 aromatic carbocycles. The van der Waals surface area contributed by atoms with Gasteiger partial charge in [0.15, 0.2) is 0 Å². The maximum atomic E-state index is 11.2. The normalized spacial score (nSPS) is 11.5. The number of nitrogens with one attached hydrogen (secondary N) is 1. The zero-order valence-electron chi connectivity index (χ0n) is 22.3. The first-order valence-corrected chi connectivity index (χ1v) is 12.0. The minimum atomic E-state index is -5.09. The maximum absolute atomic E-state index is 11.2. The van der Waals surface area contributed by atoms with Crippen LogP contribution in [0.5, 0.6) is 17.2 Å². The number of phenols is 1. The van der Waals surface area contributed by atoms with E-state index in [-0.39, 0.29) is 0 Å². The van der Waals surface area contributed by atoms with Gasteiger partial charge in [0, 0.05) is 6.92 Å². The number of phenolic OH excluding ortho intramolecular Hbond substituents is 1. The predicted molar refractivity (Wildman–Crippen MR) is 144 cm³/mol. The van der Waals surface area contributed by atoms with Crippen LogP contribution in [0.15, 0.2) is 91.0 Å². The van der Waals surface area contributed by atoms with Crippen LogP contribution in [0.4, 0.5) is 13.2 Å². The van der Waals surface area contributed by atoms with E-state index in [9.17, 15) is 22.8 Å². The number of rotatable bonds is 2. The Bertz CT molecular complexity index is 949. The van der Waals surface area contributed by atoms with Crippen LogP contribution in [0.3, 0.4) is 0 Å². The Morgan fingerprint density at radius 3 is 1.26 bits per heavy atom. The number of para-hydroxylation sites is 3. The van der Waals surface area contributed by atoms with E-state index in [1.54, 1.807) is 38.5 Å². The lowest BCUT2D eigenvalue weighted by Gasteiger charge is -2.08. The zero-order valence-corrected chi connectivity index (χ0v) is 22.3. The van der Waals surface area contributed by atoms with Crippen LogP contribution >= 0.6 is 0 Å². The predicted octanol–water partition coefficient (Wildman–Crippen LogP) is 6.18. The molecule has 0 aliphatic carbocycles. The SMILES string of the molecule is C1CCNCC1.CC(=O)OC(=O)C(F)(F)F.COc1ccccc1.COc1ccccc1.Oc1ccccc1. The van der Waals surface area contributed by atoms with Gasteiger partial charge in [-0.3, -0.25) is 4.79 Å². The third-order valence-corrected chi connectivity index (χ3v) is 4.39. The molecule has 0 saturated carbocycles. The van der Waals surface area contributed by atoms with Crippen molar-refractivity contribution in [2.24, 2.45) is 0 Å². The number of esters is 2. The van der Waals surface area contributed by atoms with Crippen molar-refractivity contribution in [2.45, 2.75) is 32.4 Å². The standard InChI is InChI=1S/2C7H8O.C6H6O.C5H11N.C4H3F3O3/c2*1-8-7-5-3-2-4-6-7;7-6-4-2-1-3-5-6;1-2-4-6-5-3-1;1-2(8)10-3(9)4(5,6)7/h2*2-6H,1H3;1-5,7H;6H,1-5H2;1H3. The highest BCUT2D eigenvalue weighted by molar-refractivity contribution is 5.87. The van der Waals surface area contributed by atoms with Crippen molar-refractivity contribution in [3.05, 3.63) is 91.0 Å². The Morgan fingerprint density at radius 1 is 0.718 bits per heavy atom. The fraction of sp³-hybridized carbons (Fsp3) is 0.310. The van der Waals surface area contributed by atoms with Crippen LogP contribution in [0, 0.1) is 0 Å². The van der Waals surface area contributed by atoms with E-state index in [0.29, 0.717) is 12.7 Å². The molecule has 4 rings (SSSR count). The van der Waals surface area contributed by atoms with Gasteiger partial charge in [0.2, 0.25) is 0 Å². The summed E-state index contributed by atoms with van der Waals surface area (Å²) in [4.78, 5) is 19.5. The molecule has 0 radical (unpaired) electrons. The second-order valence-corrected chi connectivity index (χ2v) is 7.56. The van der Waals surface area contributed by atoms with Gasteiger partial charge in [-0.2, -0.15) is 13.2 Å². The average Bonchev–Trinajstić information content (AvgIpc) is 2.96. The van der Waals surface area contributed by atoms with Crippen molar-refractivity contribution in [1.29, 1.82) is 0 Å². The van der Waals surface area contributed by atoms with Crippen LogP contribution in [0.25, 0.3) is 0 Å². The van der Waals surface area contributed by atoms with E-state index in [0.717, 1.165) is 11.5 Å². The Hall–Kier alpha value is -4.05. The molecule has 0 amide bonds. The molecule has 1 saturated heterocycles. The van der Waals surface area contributed by atoms with Gasteiger partial charge in [0.1, 0.15) is 17.2 Å². The molecule has 0 unspecified atom stereocenters. The fourth-order valence-corrected chi connectivity index (χ4v) is 2.53. The molecule has 0 bridgehead atoms. The monoisotopic (exact) mass is 551 g/mol. The lowest BCUT2D eigenvalue weighted by atomic mass is 10.2. The van der Waals surface area contributed by atoms with Gasteiger partial charge in [-0.15, -0.1) is 0 Å². The Morgan fingerprint density at radius 2 is 1.10 bits per heavy atom. The van der Waals surface area contributed by atoms with E-state index in [1.165, 1.54) is 32.4 Å². The van der Waals surface area contributed by atoms with E-state index < -0.39 is 18.1 Å². The molecule has 10 heteroatoms. The molecule has 7 nitrogen and oxygen atoms in total. The summed E-state index contributed by atoms with van der Waals surface area (Å²) >= 11 is 0. The third kappa shape index (κ3) is 21.7. The second-order valence-electron chi connectivity index (χ2n) is 7.56. The average molecular weight is 552 g/mol. The molecule has 1 heterocycles. The van der Waals surface area contributed by atoms with Gasteiger partial charge in [-0.25, -0.2) is 4.79 Å². The largest absolute Gasteiger partial charge is 0.508 e. The van der Waals surface area contributed by atoms with Gasteiger partial charge in [0.05, 0.1) is 14.2 Å². The number of ether oxygens (including phenoxy) is 3. The van der Waals surface area contributed by atoms with Gasteiger partial charge < -0.3 is 24.6 Å². The molecule has 1 aliphatic rings. The van der Waals surface area contributed by atoms with Crippen molar-refractivity contribution >= 4 is 11.9 Å². The van der Waals surface area contributed by atoms with E-state index in [4.69, 9.17) is 14.6 Å². The molecule has 214 valence electrons. The van der Waals surface area contributed by atoms with Gasteiger partial charge >= 0.3 is 18.1 Å². The number of methoxy groups -OCH3 is 2. The van der Waals surface area contributed by atoms with Crippen LogP contribution in [0.1, 0.15) is 26.2 Å². The number of benzene rings is 3. The second kappa shape index (κ2) is 22.0. The smallest absolute Gasteiger partial charge is 0.491 e. The van der Waals surface area contributed by atoms with E-state index >= 15 is 0 Å². The molecular formula is C29H36F3NO6.